The molecule has 17 heavy (non-hydrogen) atoms. The monoisotopic (exact) mass is 242 g/mol. The van der Waals surface area contributed by atoms with Crippen molar-refractivity contribution >= 4 is 5.91 Å². The highest BCUT2D eigenvalue weighted by molar-refractivity contribution is 5.78. The molecule has 0 aromatic heterocycles. The van der Waals surface area contributed by atoms with Crippen LogP contribution in [0.4, 0.5) is 0 Å². The van der Waals surface area contributed by atoms with Crippen molar-refractivity contribution in [2.75, 3.05) is 39.4 Å². The minimum Gasteiger partial charge on any atom is -0.394 e. The van der Waals surface area contributed by atoms with Crippen LogP contribution in [-0.2, 0) is 9.53 Å². The maximum atomic E-state index is 12.0. The molecule has 0 aromatic carbocycles. The third kappa shape index (κ3) is 3.18. The van der Waals surface area contributed by atoms with Crippen LogP contribution in [-0.4, -0.2) is 72.4 Å². The number of aliphatic hydroxyl groups is 1. The Kier molecular flexibility index (Phi) is 4.36. The summed E-state index contributed by atoms with van der Waals surface area (Å²) < 4.78 is 5.46. The van der Waals surface area contributed by atoms with E-state index < -0.39 is 0 Å². The SMILES string of the molecule is CC1COC(CO)CN1CC(=O)N1CCCC1. The highest BCUT2D eigenvalue weighted by Crippen LogP contribution is 2.13. The number of nitrogens with zero attached hydrogens (tertiary/aromatic N) is 2. The summed E-state index contributed by atoms with van der Waals surface area (Å²) in [6.07, 6.45) is 2.12. The molecule has 0 saturated carbocycles. The van der Waals surface area contributed by atoms with Gasteiger partial charge in [-0.05, 0) is 19.8 Å². The number of likely N-dealkylation sites (tertiary alicyclic amines) is 1. The number of rotatable bonds is 3. The largest absolute Gasteiger partial charge is 0.394 e. The van der Waals surface area contributed by atoms with E-state index in [-0.39, 0.29) is 24.7 Å². The van der Waals surface area contributed by atoms with Gasteiger partial charge >= 0.3 is 0 Å². The molecule has 2 saturated heterocycles. The van der Waals surface area contributed by atoms with Gasteiger partial charge in [-0.3, -0.25) is 9.69 Å². The molecule has 5 heteroatoms. The lowest BCUT2D eigenvalue weighted by atomic mass is 10.2. The third-order valence-electron chi connectivity index (χ3n) is 3.64. The predicted octanol–water partition coefficient (Wildman–Crippen LogP) is -0.310. The van der Waals surface area contributed by atoms with Crippen LogP contribution in [0.1, 0.15) is 19.8 Å². The van der Waals surface area contributed by atoms with Crippen molar-refractivity contribution < 1.29 is 14.6 Å². The molecule has 2 fully saturated rings. The molecule has 2 aliphatic heterocycles. The first-order valence-corrected chi connectivity index (χ1v) is 6.45. The highest BCUT2D eigenvalue weighted by atomic mass is 16.5. The van der Waals surface area contributed by atoms with Crippen LogP contribution >= 0.6 is 0 Å². The number of amides is 1. The van der Waals surface area contributed by atoms with Crippen LogP contribution in [0.25, 0.3) is 0 Å². The molecule has 0 spiro atoms. The summed E-state index contributed by atoms with van der Waals surface area (Å²) in [4.78, 5) is 16.1. The first-order chi connectivity index (χ1) is 8.20. The Morgan fingerprint density at radius 3 is 2.76 bits per heavy atom. The van der Waals surface area contributed by atoms with Crippen molar-refractivity contribution in [3.8, 4) is 0 Å². The van der Waals surface area contributed by atoms with Crippen molar-refractivity contribution in [1.82, 2.24) is 9.80 Å². The first kappa shape index (κ1) is 12.8. The van der Waals surface area contributed by atoms with E-state index in [0.29, 0.717) is 19.7 Å². The van der Waals surface area contributed by atoms with Crippen molar-refractivity contribution in [3.05, 3.63) is 0 Å². The molecule has 2 unspecified atom stereocenters. The Morgan fingerprint density at radius 2 is 2.12 bits per heavy atom. The summed E-state index contributed by atoms with van der Waals surface area (Å²) in [5.74, 6) is 0.216. The van der Waals surface area contributed by atoms with E-state index in [0.717, 1.165) is 25.9 Å². The van der Waals surface area contributed by atoms with E-state index in [2.05, 4.69) is 11.8 Å². The van der Waals surface area contributed by atoms with Crippen LogP contribution in [0.5, 0.6) is 0 Å². The molecule has 2 rings (SSSR count). The van der Waals surface area contributed by atoms with Gasteiger partial charge < -0.3 is 14.7 Å². The van der Waals surface area contributed by atoms with Gasteiger partial charge in [-0.15, -0.1) is 0 Å². The number of carbonyl (C=O) groups excluding carboxylic acids is 1. The third-order valence-corrected chi connectivity index (χ3v) is 3.64. The fourth-order valence-electron chi connectivity index (χ4n) is 2.45. The van der Waals surface area contributed by atoms with Crippen molar-refractivity contribution in [3.63, 3.8) is 0 Å². The standard InChI is InChI=1S/C12H22N2O3/c1-10-9-17-11(8-15)6-14(10)7-12(16)13-4-2-3-5-13/h10-11,15H,2-9H2,1H3. The summed E-state index contributed by atoms with van der Waals surface area (Å²) in [6.45, 7) is 5.60. The second-order valence-electron chi connectivity index (χ2n) is 5.00. The molecule has 2 atom stereocenters. The van der Waals surface area contributed by atoms with Gasteiger partial charge in [0.2, 0.25) is 5.91 Å². The normalized spacial score (nSPS) is 30.8. The quantitative estimate of drug-likeness (QED) is 0.737. The van der Waals surface area contributed by atoms with Gasteiger partial charge in [0.25, 0.3) is 0 Å². The average Bonchev–Trinajstić information content (AvgIpc) is 2.85. The minimum atomic E-state index is -0.141. The molecular formula is C12H22N2O3. The Morgan fingerprint density at radius 1 is 1.41 bits per heavy atom. The smallest absolute Gasteiger partial charge is 0.236 e. The first-order valence-electron chi connectivity index (χ1n) is 6.45. The molecule has 0 bridgehead atoms. The summed E-state index contributed by atoms with van der Waals surface area (Å²) in [6, 6.07) is 0.254. The van der Waals surface area contributed by atoms with Crippen LogP contribution < -0.4 is 0 Å². The maximum absolute atomic E-state index is 12.0. The minimum absolute atomic E-state index is 0.0289. The van der Waals surface area contributed by atoms with Crippen molar-refractivity contribution in [2.24, 2.45) is 0 Å². The van der Waals surface area contributed by atoms with Crippen molar-refractivity contribution in [1.29, 1.82) is 0 Å². The maximum Gasteiger partial charge on any atom is 0.236 e. The average molecular weight is 242 g/mol. The molecule has 2 heterocycles. The van der Waals surface area contributed by atoms with Crippen LogP contribution in [0, 0.1) is 0 Å². The van der Waals surface area contributed by atoms with E-state index in [1.54, 1.807) is 0 Å². The van der Waals surface area contributed by atoms with Gasteiger partial charge in [0, 0.05) is 25.7 Å². The second-order valence-corrected chi connectivity index (χ2v) is 5.00. The molecule has 98 valence electrons. The number of carbonyl (C=O) groups is 1. The Labute approximate surface area is 102 Å². The lowest BCUT2D eigenvalue weighted by molar-refractivity contribution is -0.136. The van der Waals surface area contributed by atoms with Gasteiger partial charge in [-0.1, -0.05) is 0 Å². The predicted molar refractivity (Wildman–Crippen MR) is 63.7 cm³/mol. The van der Waals surface area contributed by atoms with E-state index in [1.807, 2.05) is 4.90 Å². The molecule has 0 aliphatic carbocycles. The van der Waals surface area contributed by atoms with E-state index in [1.165, 1.54) is 0 Å². The summed E-state index contributed by atoms with van der Waals surface area (Å²) in [7, 11) is 0. The topological polar surface area (TPSA) is 53.0 Å². The second kappa shape index (κ2) is 5.80. The molecular weight excluding hydrogens is 220 g/mol. The fourth-order valence-corrected chi connectivity index (χ4v) is 2.45. The Hall–Kier alpha value is -0.650. The molecule has 0 radical (unpaired) electrons. The Balaban J connectivity index is 1.85. The zero-order chi connectivity index (χ0) is 12.3. The highest BCUT2D eigenvalue weighted by Gasteiger charge is 2.29. The van der Waals surface area contributed by atoms with Crippen LogP contribution in [0.2, 0.25) is 0 Å². The van der Waals surface area contributed by atoms with Gasteiger partial charge in [-0.25, -0.2) is 0 Å². The van der Waals surface area contributed by atoms with Gasteiger partial charge in [0.15, 0.2) is 0 Å². The van der Waals surface area contributed by atoms with E-state index in [9.17, 15) is 4.79 Å². The lowest BCUT2D eigenvalue weighted by Crippen LogP contribution is -2.52. The van der Waals surface area contributed by atoms with Gasteiger partial charge in [-0.2, -0.15) is 0 Å². The number of ether oxygens (including phenoxy) is 1. The molecule has 2 aliphatic rings. The lowest BCUT2D eigenvalue weighted by Gasteiger charge is -2.37. The summed E-state index contributed by atoms with van der Waals surface area (Å²) >= 11 is 0. The van der Waals surface area contributed by atoms with E-state index in [4.69, 9.17) is 9.84 Å². The fraction of sp³-hybridized carbons (Fsp3) is 0.917. The molecule has 1 N–H and O–H groups in total. The summed E-state index contributed by atoms with van der Waals surface area (Å²) in [5.41, 5.74) is 0. The molecule has 5 nitrogen and oxygen atoms in total. The number of morpholine rings is 1. The molecule has 0 aromatic rings. The van der Waals surface area contributed by atoms with Gasteiger partial charge in [0.05, 0.1) is 25.9 Å². The van der Waals surface area contributed by atoms with Gasteiger partial charge in [0.1, 0.15) is 0 Å². The summed E-state index contributed by atoms with van der Waals surface area (Å²) in [5, 5.41) is 9.09. The van der Waals surface area contributed by atoms with Crippen LogP contribution in [0.3, 0.4) is 0 Å². The molecule has 1 amide bonds. The zero-order valence-electron chi connectivity index (χ0n) is 10.5. The van der Waals surface area contributed by atoms with Crippen LogP contribution in [0.15, 0.2) is 0 Å². The number of hydrogen-bond donors (Lipinski definition) is 1. The number of hydrogen-bond acceptors (Lipinski definition) is 4. The zero-order valence-corrected chi connectivity index (χ0v) is 10.5. The van der Waals surface area contributed by atoms with E-state index >= 15 is 0 Å². The van der Waals surface area contributed by atoms with Crippen molar-refractivity contribution in [2.45, 2.75) is 31.9 Å². The number of aliphatic hydroxyl groups excluding tert-OH is 1. The Bertz CT molecular complexity index is 266.